The molecule has 0 aliphatic heterocycles. The third kappa shape index (κ3) is 8.94. The maximum Gasteiger partial charge on any atom is 0.328 e. The van der Waals surface area contributed by atoms with Crippen LogP contribution in [0.5, 0.6) is 0 Å². The van der Waals surface area contributed by atoms with Crippen LogP contribution in [0, 0.1) is 5.92 Å². The first-order valence-corrected chi connectivity index (χ1v) is 10.2. The molecule has 1 aromatic carbocycles. The standard InChI is InChI=1S/C23H34N2O4/c1-6-7-13-19(23(28)29-5)25-22(27)20(14-16(2)3)24-17(4)15-21(26)18-11-9-8-10-12-18/h8-12,15-16,19-20,24H,6-7,13-14H2,1-5H3,(H,25,27)/b17-15+/t19-,20-/m0/s1. The molecule has 0 saturated heterocycles. The van der Waals surface area contributed by atoms with Gasteiger partial charge in [0.15, 0.2) is 5.78 Å². The van der Waals surface area contributed by atoms with Gasteiger partial charge in [0.25, 0.3) is 0 Å². The van der Waals surface area contributed by atoms with Crippen LogP contribution in [0.1, 0.15) is 63.7 Å². The smallest absolute Gasteiger partial charge is 0.328 e. The van der Waals surface area contributed by atoms with E-state index in [1.807, 2.05) is 39.0 Å². The minimum atomic E-state index is -0.667. The Labute approximate surface area is 174 Å². The fraction of sp³-hybridized carbons (Fsp3) is 0.522. The number of nitrogens with one attached hydrogen (secondary N) is 2. The summed E-state index contributed by atoms with van der Waals surface area (Å²) in [6.07, 6.45) is 4.32. The summed E-state index contributed by atoms with van der Waals surface area (Å²) in [5.41, 5.74) is 1.19. The highest BCUT2D eigenvalue weighted by Gasteiger charge is 2.26. The first-order chi connectivity index (χ1) is 13.8. The molecule has 0 bridgehead atoms. The molecule has 0 aliphatic rings. The van der Waals surface area contributed by atoms with Gasteiger partial charge in [0.2, 0.25) is 5.91 Å². The molecule has 1 aromatic rings. The number of amides is 1. The Morgan fingerprint density at radius 2 is 1.72 bits per heavy atom. The molecule has 0 saturated carbocycles. The average molecular weight is 403 g/mol. The van der Waals surface area contributed by atoms with Crippen LogP contribution in [0.15, 0.2) is 42.1 Å². The lowest BCUT2D eigenvalue weighted by molar-refractivity contribution is -0.145. The van der Waals surface area contributed by atoms with Crippen molar-refractivity contribution in [1.82, 2.24) is 10.6 Å². The number of esters is 1. The molecule has 6 nitrogen and oxygen atoms in total. The van der Waals surface area contributed by atoms with Crippen molar-refractivity contribution in [3.8, 4) is 0 Å². The zero-order valence-electron chi connectivity index (χ0n) is 18.2. The van der Waals surface area contributed by atoms with E-state index in [0.29, 0.717) is 24.1 Å². The Morgan fingerprint density at radius 3 is 2.28 bits per heavy atom. The average Bonchev–Trinajstić information content (AvgIpc) is 2.70. The lowest BCUT2D eigenvalue weighted by Gasteiger charge is -2.24. The molecule has 0 unspecified atom stereocenters. The molecule has 0 heterocycles. The third-order valence-corrected chi connectivity index (χ3v) is 4.48. The minimum Gasteiger partial charge on any atom is -0.467 e. The molecule has 0 spiro atoms. The van der Waals surface area contributed by atoms with Gasteiger partial charge in [-0.2, -0.15) is 0 Å². The number of rotatable bonds is 12. The monoisotopic (exact) mass is 402 g/mol. The molecular formula is C23H34N2O4. The normalized spacial score (nSPS) is 13.5. The topological polar surface area (TPSA) is 84.5 Å². The Bertz CT molecular complexity index is 698. The predicted molar refractivity (Wildman–Crippen MR) is 114 cm³/mol. The van der Waals surface area contributed by atoms with Gasteiger partial charge in [-0.1, -0.05) is 63.9 Å². The van der Waals surface area contributed by atoms with Crippen molar-refractivity contribution in [2.45, 2.75) is 65.5 Å². The molecule has 1 amide bonds. The van der Waals surface area contributed by atoms with Crippen molar-refractivity contribution >= 4 is 17.7 Å². The van der Waals surface area contributed by atoms with E-state index < -0.39 is 18.1 Å². The van der Waals surface area contributed by atoms with E-state index in [0.717, 1.165) is 12.8 Å². The van der Waals surface area contributed by atoms with Crippen molar-refractivity contribution in [2.24, 2.45) is 5.92 Å². The van der Waals surface area contributed by atoms with Gasteiger partial charge in [0.05, 0.1) is 7.11 Å². The lowest BCUT2D eigenvalue weighted by Crippen LogP contribution is -2.50. The summed E-state index contributed by atoms with van der Waals surface area (Å²) >= 11 is 0. The quantitative estimate of drug-likeness (QED) is 0.317. The number of carbonyl (C=O) groups is 3. The van der Waals surface area contributed by atoms with E-state index >= 15 is 0 Å². The van der Waals surface area contributed by atoms with Crippen LogP contribution >= 0.6 is 0 Å². The third-order valence-electron chi connectivity index (χ3n) is 4.48. The van der Waals surface area contributed by atoms with Crippen molar-refractivity contribution in [3.05, 3.63) is 47.7 Å². The maximum absolute atomic E-state index is 12.9. The van der Waals surface area contributed by atoms with E-state index in [2.05, 4.69) is 10.6 Å². The molecule has 6 heteroatoms. The molecule has 0 fully saturated rings. The van der Waals surface area contributed by atoms with Crippen LogP contribution in [0.3, 0.4) is 0 Å². The van der Waals surface area contributed by atoms with Gasteiger partial charge in [-0.3, -0.25) is 9.59 Å². The van der Waals surface area contributed by atoms with E-state index in [1.54, 1.807) is 19.1 Å². The fourth-order valence-corrected chi connectivity index (χ4v) is 2.97. The highest BCUT2D eigenvalue weighted by Crippen LogP contribution is 2.10. The predicted octanol–water partition coefficient (Wildman–Crippen LogP) is 3.63. The van der Waals surface area contributed by atoms with Gasteiger partial charge in [-0.15, -0.1) is 0 Å². The molecule has 160 valence electrons. The van der Waals surface area contributed by atoms with Crippen molar-refractivity contribution in [3.63, 3.8) is 0 Å². The van der Waals surface area contributed by atoms with Crippen LogP contribution in [-0.4, -0.2) is 36.9 Å². The molecular weight excluding hydrogens is 368 g/mol. The number of methoxy groups -OCH3 is 1. The van der Waals surface area contributed by atoms with E-state index in [9.17, 15) is 14.4 Å². The van der Waals surface area contributed by atoms with E-state index in [1.165, 1.54) is 13.2 Å². The van der Waals surface area contributed by atoms with Crippen LogP contribution in [0.25, 0.3) is 0 Å². The Morgan fingerprint density at radius 1 is 1.07 bits per heavy atom. The summed E-state index contributed by atoms with van der Waals surface area (Å²) in [4.78, 5) is 37.3. The molecule has 0 aliphatic carbocycles. The van der Waals surface area contributed by atoms with Crippen molar-refractivity contribution in [1.29, 1.82) is 0 Å². The lowest BCUT2D eigenvalue weighted by atomic mass is 10.0. The van der Waals surface area contributed by atoms with Crippen LogP contribution in [-0.2, 0) is 14.3 Å². The Balaban J connectivity index is 2.88. The number of benzene rings is 1. The number of ether oxygens (including phenoxy) is 1. The van der Waals surface area contributed by atoms with Crippen LogP contribution < -0.4 is 10.6 Å². The van der Waals surface area contributed by atoms with Gasteiger partial charge < -0.3 is 15.4 Å². The summed E-state index contributed by atoms with van der Waals surface area (Å²) in [6.45, 7) is 7.82. The largest absolute Gasteiger partial charge is 0.467 e. The molecule has 2 N–H and O–H groups in total. The highest BCUT2D eigenvalue weighted by molar-refractivity contribution is 6.04. The van der Waals surface area contributed by atoms with Gasteiger partial charge in [0.1, 0.15) is 12.1 Å². The SMILES string of the molecule is CCCC[C@H](NC(=O)[C@H](CC(C)C)N/C(C)=C/C(=O)c1ccccc1)C(=O)OC. The van der Waals surface area contributed by atoms with E-state index in [4.69, 9.17) is 4.74 Å². The Hall–Kier alpha value is -2.63. The Kier molecular flexibility index (Phi) is 10.7. The summed E-state index contributed by atoms with van der Waals surface area (Å²) in [5, 5.41) is 5.95. The molecule has 2 atom stereocenters. The molecule has 29 heavy (non-hydrogen) atoms. The number of allylic oxidation sites excluding steroid dienone is 2. The van der Waals surface area contributed by atoms with Gasteiger partial charge >= 0.3 is 5.97 Å². The van der Waals surface area contributed by atoms with Gasteiger partial charge in [-0.25, -0.2) is 4.79 Å². The second kappa shape index (κ2) is 12.8. The number of ketones is 1. The van der Waals surface area contributed by atoms with Gasteiger partial charge in [-0.05, 0) is 25.7 Å². The number of hydrogen-bond donors (Lipinski definition) is 2. The number of unbranched alkanes of at least 4 members (excludes halogenated alkanes) is 1. The number of hydrogen-bond acceptors (Lipinski definition) is 5. The summed E-state index contributed by atoms with van der Waals surface area (Å²) in [7, 11) is 1.32. The van der Waals surface area contributed by atoms with Crippen molar-refractivity contribution < 1.29 is 19.1 Å². The first kappa shape index (κ1) is 24.4. The molecule has 1 rings (SSSR count). The summed E-state index contributed by atoms with van der Waals surface area (Å²) in [6, 6.07) is 7.75. The maximum atomic E-state index is 12.9. The zero-order valence-corrected chi connectivity index (χ0v) is 18.2. The molecule has 0 aromatic heterocycles. The first-order valence-electron chi connectivity index (χ1n) is 10.2. The van der Waals surface area contributed by atoms with E-state index in [-0.39, 0.29) is 17.6 Å². The van der Waals surface area contributed by atoms with Crippen LogP contribution in [0.4, 0.5) is 0 Å². The van der Waals surface area contributed by atoms with Crippen LogP contribution in [0.2, 0.25) is 0 Å². The minimum absolute atomic E-state index is 0.130. The highest BCUT2D eigenvalue weighted by atomic mass is 16.5. The second-order valence-electron chi connectivity index (χ2n) is 7.61. The molecule has 0 radical (unpaired) electrons. The van der Waals surface area contributed by atoms with Crippen molar-refractivity contribution in [2.75, 3.05) is 7.11 Å². The second-order valence-corrected chi connectivity index (χ2v) is 7.61. The summed E-state index contributed by atoms with van der Waals surface area (Å²) < 4.78 is 4.82. The van der Waals surface area contributed by atoms with Gasteiger partial charge in [0, 0.05) is 17.3 Å². The zero-order chi connectivity index (χ0) is 21.8. The fourth-order valence-electron chi connectivity index (χ4n) is 2.97. The summed E-state index contributed by atoms with van der Waals surface area (Å²) in [5.74, 6) is -0.593. The number of carbonyl (C=O) groups excluding carboxylic acids is 3.